The van der Waals surface area contributed by atoms with E-state index in [1.54, 1.807) is 10.3 Å². The average Bonchev–Trinajstić information content (AvgIpc) is 2.86. The molecule has 2 N–H and O–H groups in total. The normalized spacial score (nSPS) is 10.7. The zero-order chi connectivity index (χ0) is 15.1. The summed E-state index contributed by atoms with van der Waals surface area (Å²) in [7, 11) is 0. The van der Waals surface area contributed by atoms with Gasteiger partial charge in [-0.3, -0.25) is 9.59 Å². The second-order valence-electron chi connectivity index (χ2n) is 4.41. The SMILES string of the molecule is CCC(CC)N(CCO)C(=O)c1csc(NC(C)=O)n1. The third-order valence-electron chi connectivity index (χ3n) is 2.99. The van der Waals surface area contributed by atoms with Gasteiger partial charge in [0.25, 0.3) is 5.91 Å². The van der Waals surface area contributed by atoms with Crippen LogP contribution in [-0.4, -0.2) is 46.0 Å². The van der Waals surface area contributed by atoms with Crippen molar-refractivity contribution in [2.45, 2.75) is 39.7 Å². The van der Waals surface area contributed by atoms with E-state index in [2.05, 4.69) is 10.3 Å². The molecule has 0 spiro atoms. The van der Waals surface area contributed by atoms with Crippen molar-refractivity contribution in [2.24, 2.45) is 0 Å². The highest BCUT2D eigenvalue weighted by Crippen LogP contribution is 2.19. The van der Waals surface area contributed by atoms with Crippen molar-refractivity contribution >= 4 is 28.3 Å². The van der Waals surface area contributed by atoms with E-state index in [0.717, 1.165) is 12.8 Å². The Labute approximate surface area is 122 Å². The second kappa shape index (κ2) is 7.96. The lowest BCUT2D eigenvalue weighted by Gasteiger charge is -2.29. The van der Waals surface area contributed by atoms with Crippen LogP contribution in [-0.2, 0) is 4.79 Å². The fraction of sp³-hybridized carbons (Fsp3) is 0.615. The Bertz CT molecular complexity index is 457. The van der Waals surface area contributed by atoms with Crippen molar-refractivity contribution in [1.82, 2.24) is 9.88 Å². The van der Waals surface area contributed by atoms with Crippen molar-refractivity contribution in [2.75, 3.05) is 18.5 Å². The van der Waals surface area contributed by atoms with E-state index in [9.17, 15) is 9.59 Å². The molecule has 0 unspecified atom stereocenters. The molecule has 0 saturated carbocycles. The minimum atomic E-state index is -0.217. The van der Waals surface area contributed by atoms with E-state index < -0.39 is 0 Å². The first-order chi connectivity index (χ1) is 9.53. The number of hydrogen-bond donors (Lipinski definition) is 2. The van der Waals surface area contributed by atoms with Crippen molar-refractivity contribution in [3.63, 3.8) is 0 Å². The molecule has 1 aromatic heterocycles. The minimum absolute atomic E-state index is 0.0784. The number of amides is 2. The Balaban J connectivity index is 2.88. The summed E-state index contributed by atoms with van der Waals surface area (Å²) in [6.07, 6.45) is 1.65. The molecular weight excluding hydrogens is 278 g/mol. The monoisotopic (exact) mass is 299 g/mol. The van der Waals surface area contributed by atoms with E-state index in [4.69, 9.17) is 5.11 Å². The number of aromatic nitrogens is 1. The van der Waals surface area contributed by atoms with Gasteiger partial charge in [0.1, 0.15) is 5.69 Å². The number of aliphatic hydroxyl groups excluding tert-OH is 1. The molecule has 0 radical (unpaired) electrons. The highest BCUT2D eigenvalue weighted by Gasteiger charge is 2.24. The molecule has 2 amide bonds. The molecule has 6 nitrogen and oxygen atoms in total. The molecule has 0 atom stereocenters. The van der Waals surface area contributed by atoms with Gasteiger partial charge in [-0.1, -0.05) is 13.8 Å². The lowest BCUT2D eigenvalue weighted by atomic mass is 10.1. The first kappa shape index (κ1) is 16.6. The van der Waals surface area contributed by atoms with Crippen LogP contribution in [0.4, 0.5) is 5.13 Å². The maximum atomic E-state index is 12.4. The molecule has 0 aromatic carbocycles. The van der Waals surface area contributed by atoms with E-state index in [0.29, 0.717) is 10.8 Å². The smallest absolute Gasteiger partial charge is 0.273 e. The molecule has 0 aliphatic rings. The number of nitrogens with zero attached hydrogens (tertiary/aromatic N) is 2. The molecule has 0 aliphatic carbocycles. The van der Waals surface area contributed by atoms with Crippen molar-refractivity contribution in [1.29, 1.82) is 0 Å². The molecule has 20 heavy (non-hydrogen) atoms. The summed E-state index contributed by atoms with van der Waals surface area (Å²) in [4.78, 5) is 29.2. The molecule has 0 aliphatic heterocycles. The number of nitrogens with one attached hydrogen (secondary N) is 1. The van der Waals surface area contributed by atoms with Crippen LogP contribution in [0.2, 0.25) is 0 Å². The number of thiazole rings is 1. The molecule has 0 saturated heterocycles. The van der Waals surface area contributed by atoms with E-state index >= 15 is 0 Å². The maximum absolute atomic E-state index is 12.4. The van der Waals surface area contributed by atoms with Gasteiger partial charge in [-0.05, 0) is 12.8 Å². The number of carbonyl (C=O) groups is 2. The molecule has 0 fully saturated rings. The van der Waals surface area contributed by atoms with Gasteiger partial charge in [0.15, 0.2) is 5.13 Å². The van der Waals surface area contributed by atoms with Crippen LogP contribution < -0.4 is 5.32 Å². The van der Waals surface area contributed by atoms with Crippen molar-refractivity contribution in [3.05, 3.63) is 11.1 Å². The first-order valence-electron chi connectivity index (χ1n) is 6.68. The van der Waals surface area contributed by atoms with E-state index in [1.807, 2.05) is 13.8 Å². The van der Waals surface area contributed by atoms with Crippen LogP contribution in [0, 0.1) is 0 Å². The summed E-state index contributed by atoms with van der Waals surface area (Å²) in [5.74, 6) is -0.425. The number of rotatable bonds is 7. The number of anilines is 1. The van der Waals surface area contributed by atoms with E-state index in [1.165, 1.54) is 18.3 Å². The van der Waals surface area contributed by atoms with Gasteiger partial charge >= 0.3 is 0 Å². The third-order valence-corrected chi connectivity index (χ3v) is 3.75. The predicted octanol–water partition coefficient (Wildman–Crippen LogP) is 1.72. The summed E-state index contributed by atoms with van der Waals surface area (Å²) in [5.41, 5.74) is 0.305. The van der Waals surface area contributed by atoms with Gasteiger partial charge in [-0.15, -0.1) is 11.3 Å². The predicted molar refractivity (Wildman–Crippen MR) is 78.9 cm³/mol. The Morgan fingerprint density at radius 1 is 1.45 bits per heavy atom. The van der Waals surface area contributed by atoms with Crippen LogP contribution >= 0.6 is 11.3 Å². The van der Waals surface area contributed by atoms with Crippen LogP contribution in [0.25, 0.3) is 0 Å². The Morgan fingerprint density at radius 2 is 2.10 bits per heavy atom. The summed E-state index contributed by atoms with van der Waals surface area (Å²) in [5, 5.41) is 13.7. The molecule has 1 rings (SSSR count). The zero-order valence-corrected chi connectivity index (χ0v) is 12.9. The van der Waals surface area contributed by atoms with Gasteiger partial charge < -0.3 is 15.3 Å². The second-order valence-corrected chi connectivity index (χ2v) is 5.27. The molecule has 7 heteroatoms. The highest BCUT2D eigenvalue weighted by molar-refractivity contribution is 7.14. The molecule has 112 valence electrons. The van der Waals surface area contributed by atoms with Crippen LogP contribution in [0.1, 0.15) is 44.1 Å². The largest absolute Gasteiger partial charge is 0.395 e. The quantitative estimate of drug-likeness (QED) is 0.803. The van der Waals surface area contributed by atoms with Crippen LogP contribution in [0.5, 0.6) is 0 Å². The highest BCUT2D eigenvalue weighted by atomic mass is 32.1. The van der Waals surface area contributed by atoms with Gasteiger partial charge in [0, 0.05) is 24.9 Å². The van der Waals surface area contributed by atoms with Gasteiger partial charge in [-0.25, -0.2) is 4.98 Å². The van der Waals surface area contributed by atoms with Crippen LogP contribution in [0.3, 0.4) is 0 Å². The lowest BCUT2D eigenvalue weighted by Crippen LogP contribution is -2.41. The fourth-order valence-electron chi connectivity index (χ4n) is 2.01. The van der Waals surface area contributed by atoms with Crippen molar-refractivity contribution in [3.8, 4) is 0 Å². The van der Waals surface area contributed by atoms with Gasteiger partial charge in [-0.2, -0.15) is 0 Å². The molecule has 0 bridgehead atoms. The van der Waals surface area contributed by atoms with Gasteiger partial charge in [0.05, 0.1) is 6.61 Å². The standard InChI is InChI=1S/C13H21N3O3S/c1-4-10(5-2)16(6-7-17)12(19)11-8-20-13(15-11)14-9(3)18/h8,10,17H,4-7H2,1-3H3,(H,14,15,18). The third kappa shape index (κ3) is 4.28. The summed E-state index contributed by atoms with van der Waals surface area (Å²) in [6.45, 7) is 5.62. The summed E-state index contributed by atoms with van der Waals surface area (Å²) in [6, 6.07) is 0.0839. The number of carbonyl (C=O) groups excluding carboxylic acids is 2. The van der Waals surface area contributed by atoms with Gasteiger partial charge in [0.2, 0.25) is 5.91 Å². The Morgan fingerprint density at radius 3 is 2.60 bits per heavy atom. The summed E-state index contributed by atoms with van der Waals surface area (Å²) >= 11 is 1.22. The fourth-order valence-corrected chi connectivity index (χ4v) is 2.74. The lowest BCUT2D eigenvalue weighted by molar-refractivity contribution is -0.114. The topological polar surface area (TPSA) is 82.5 Å². The summed E-state index contributed by atoms with van der Waals surface area (Å²) < 4.78 is 0. The van der Waals surface area contributed by atoms with Crippen LogP contribution in [0.15, 0.2) is 5.38 Å². The minimum Gasteiger partial charge on any atom is -0.395 e. The average molecular weight is 299 g/mol. The molecule has 1 heterocycles. The number of hydrogen-bond acceptors (Lipinski definition) is 5. The maximum Gasteiger partial charge on any atom is 0.273 e. The molecular formula is C13H21N3O3S. The zero-order valence-electron chi connectivity index (χ0n) is 12.0. The van der Waals surface area contributed by atoms with E-state index in [-0.39, 0.29) is 31.0 Å². The number of aliphatic hydroxyl groups is 1. The van der Waals surface area contributed by atoms with Crippen molar-refractivity contribution < 1.29 is 14.7 Å². The Hall–Kier alpha value is -1.47. The first-order valence-corrected chi connectivity index (χ1v) is 7.56. The molecule has 1 aromatic rings. The Kier molecular flexibility index (Phi) is 6.60.